The van der Waals surface area contributed by atoms with E-state index in [4.69, 9.17) is 35.4 Å². The number of thiocarbonyl (C=S) groups is 1. The van der Waals surface area contributed by atoms with Crippen molar-refractivity contribution in [3.63, 3.8) is 0 Å². The Morgan fingerprint density at radius 3 is 2.71 bits per heavy atom. The van der Waals surface area contributed by atoms with E-state index in [0.717, 1.165) is 0 Å². The van der Waals surface area contributed by atoms with Crippen molar-refractivity contribution in [2.75, 3.05) is 11.9 Å². The third kappa shape index (κ3) is 4.49. The Kier molecular flexibility index (Phi) is 5.67. The Labute approximate surface area is 136 Å². The Bertz CT molecular complexity index is 634. The van der Waals surface area contributed by atoms with Crippen LogP contribution in [-0.4, -0.2) is 21.6 Å². The normalized spacial score (nSPS) is 10.2. The first-order chi connectivity index (χ1) is 10.1. The number of nitrogens with one attached hydrogen (secondary N) is 2. The van der Waals surface area contributed by atoms with E-state index in [1.54, 1.807) is 12.1 Å². The van der Waals surface area contributed by atoms with Gasteiger partial charge in [-0.05, 0) is 30.8 Å². The first-order valence-electron chi connectivity index (χ1n) is 6.02. The van der Waals surface area contributed by atoms with Crippen LogP contribution in [0.3, 0.4) is 0 Å². The summed E-state index contributed by atoms with van der Waals surface area (Å²) >= 11 is 16.9. The molecular formula is C13H11Cl2FN4S. The topological polar surface area (TPSA) is 49.8 Å². The van der Waals surface area contributed by atoms with Crippen LogP contribution in [0.5, 0.6) is 0 Å². The molecule has 8 heteroatoms. The first kappa shape index (κ1) is 15.9. The third-order valence-electron chi connectivity index (χ3n) is 2.61. The summed E-state index contributed by atoms with van der Waals surface area (Å²) in [4.78, 5) is 7.87. The molecule has 1 aromatic carbocycles. The zero-order chi connectivity index (χ0) is 15.2. The van der Waals surface area contributed by atoms with Gasteiger partial charge in [0.05, 0.1) is 0 Å². The molecular weight excluding hydrogens is 334 g/mol. The van der Waals surface area contributed by atoms with Crippen molar-refractivity contribution < 1.29 is 4.39 Å². The molecule has 0 aliphatic heterocycles. The molecule has 2 rings (SSSR count). The van der Waals surface area contributed by atoms with Gasteiger partial charge in [-0.1, -0.05) is 29.3 Å². The molecule has 110 valence electrons. The summed E-state index contributed by atoms with van der Waals surface area (Å²) in [6.07, 6.45) is 3.38. The van der Waals surface area contributed by atoms with Gasteiger partial charge in [-0.2, -0.15) is 0 Å². The lowest BCUT2D eigenvalue weighted by molar-refractivity contribution is 0.607. The highest BCUT2D eigenvalue weighted by molar-refractivity contribution is 7.80. The molecule has 0 fully saturated rings. The molecule has 2 N–H and O–H groups in total. The van der Waals surface area contributed by atoms with Crippen molar-refractivity contribution >= 4 is 46.4 Å². The summed E-state index contributed by atoms with van der Waals surface area (Å²) in [5, 5.41) is 6.68. The van der Waals surface area contributed by atoms with Crippen molar-refractivity contribution in [3.8, 4) is 0 Å². The smallest absolute Gasteiger partial charge is 0.172 e. The molecule has 0 saturated carbocycles. The Morgan fingerprint density at radius 1 is 1.24 bits per heavy atom. The Balaban J connectivity index is 1.86. The van der Waals surface area contributed by atoms with Gasteiger partial charge >= 0.3 is 0 Å². The highest BCUT2D eigenvalue weighted by Gasteiger charge is 2.08. The maximum Gasteiger partial charge on any atom is 0.172 e. The molecule has 2 aromatic rings. The average Bonchev–Trinajstić information content (AvgIpc) is 2.45. The van der Waals surface area contributed by atoms with Crippen LogP contribution in [-0.2, 0) is 6.42 Å². The van der Waals surface area contributed by atoms with E-state index in [-0.39, 0.29) is 11.0 Å². The van der Waals surface area contributed by atoms with Crippen LogP contribution < -0.4 is 10.6 Å². The molecule has 0 saturated heterocycles. The summed E-state index contributed by atoms with van der Waals surface area (Å²) in [5.74, 6) is 0.0285. The second kappa shape index (κ2) is 7.49. The zero-order valence-corrected chi connectivity index (χ0v) is 13.1. The van der Waals surface area contributed by atoms with E-state index >= 15 is 0 Å². The van der Waals surface area contributed by atoms with Gasteiger partial charge < -0.3 is 10.6 Å². The largest absolute Gasteiger partial charge is 0.362 e. The fraction of sp³-hybridized carbons (Fsp3) is 0.154. The molecule has 0 aliphatic rings. The van der Waals surface area contributed by atoms with E-state index in [1.807, 2.05) is 0 Å². The standard InChI is InChI=1S/C13H11Cl2FN4S/c14-9-2-1-3-10(16)8(9)4-5-19-13(21)20-12-11(15)17-6-7-18-12/h1-3,6-7H,4-5H2,(H2,18,19,20,21). The van der Waals surface area contributed by atoms with Gasteiger partial charge in [-0.15, -0.1) is 0 Å². The number of aromatic nitrogens is 2. The van der Waals surface area contributed by atoms with Crippen molar-refractivity contribution in [2.45, 2.75) is 6.42 Å². The van der Waals surface area contributed by atoms with Crippen LogP contribution in [0.2, 0.25) is 10.2 Å². The van der Waals surface area contributed by atoms with Gasteiger partial charge in [0.1, 0.15) is 5.82 Å². The van der Waals surface area contributed by atoms with Crippen LogP contribution in [0.25, 0.3) is 0 Å². The quantitative estimate of drug-likeness (QED) is 0.832. The number of nitrogens with zero attached hydrogens (tertiary/aromatic N) is 2. The monoisotopic (exact) mass is 344 g/mol. The number of halogens is 3. The Hall–Kier alpha value is -1.50. The maximum absolute atomic E-state index is 13.6. The molecule has 0 bridgehead atoms. The van der Waals surface area contributed by atoms with Crippen LogP contribution in [0.15, 0.2) is 30.6 Å². The minimum absolute atomic E-state index is 0.221. The van der Waals surface area contributed by atoms with Crippen molar-refractivity contribution in [2.24, 2.45) is 0 Å². The van der Waals surface area contributed by atoms with Crippen LogP contribution in [0, 0.1) is 5.82 Å². The van der Waals surface area contributed by atoms with Crippen molar-refractivity contribution in [1.82, 2.24) is 15.3 Å². The molecule has 0 unspecified atom stereocenters. The molecule has 0 spiro atoms. The van der Waals surface area contributed by atoms with E-state index < -0.39 is 0 Å². The van der Waals surface area contributed by atoms with E-state index in [9.17, 15) is 4.39 Å². The summed E-state index contributed by atoms with van der Waals surface area (Å²) in [6.45, 7) is 0.421. The fourth-order valence-corrected chi connectivity index (χ4v) is 2.24. The zero-order valence-electron chi connectivity index (χ0n) is 10.7. The van der Waals surface area contributed by atoms with Gasteiger partial charge in [0.25, 0.3) is 0 Å². The summed E-state index contributed by atoms with van der Waals surface area (Å²) in [6, 6.07) is 4.59. The number of hydrogen-bond acceptors (Lipinski definition) is 3. The van der Waals surface area contributed by atoms with Crippen molar-refractivity contribution in [3.05, 3.63) is 52.1 Å². The van der Waals surface area contributed by atoms with Gasteiger partial charge in [-0.25, -0.2) is 14.4 Å². The van der Waals surface area contributed by atoms with E-state index in [0.29, 0.717) is 34.5 Å². The van der Waals surface area contributed by atoms with E-state index in [1.165, 1.54) is 18.5 Å². The fourth-order valence-electron chi connectivity index (χ4n) is 1.63. The highest BCUT2D eigenvalue weighted by Crippen LogP contribution is 2.19. The summed E-state index contributed by atoms with van der Waals surface area (Å²) in [5.41, 5.74) is 0.451. The molecule has 0 amide bonds. The molecule has 21 heavy (non-hydrogen) atoms. The minimum atomic E-state index is -0.333. The molecule has 1 aromatic heterocycles. The number of rotatable bonds is 4. The minimum Gasteiger partial charge on any atom is -0.362 e. The lowest BCUT2D eigenvalue weighted by Crippen LogP contribution is -2.30. The second-order valence-corrected chi connectivity index (χ2v) is 5.20. The van der Waals surface area contributed by atoms with Gasteiger partial charge in [0.2, 0.25) is 0 Å². The van der Waals surface area contributed by atoms with Crippen LogP contribution >= 0.6 is 35.4 Å². The van der Waals surface area contributed by atoms with Crippen LogP contribution in [0.4, 0.5) is 10.2 Å². The maximum atomic E-state index is 13.6. The predicted octanol–water partition coefficient (Wildman–Crippen LogP) is 3.45. The molecule has 0 radical (unpaired) electrons. The Morgan fingerprint density at radius 2 is 2.00 bits per heavy atom. The molecule has 1 heterocycles. The molecule has 0 atom stereocenters. The van der Waals surface area contributed by atoms with Gasteiger partial charge in [0, 0.05) is 29.5 Å². The molecule has 4 nitrogen and oxygen atoms in total. The van der Waals surface area contributed by atoms with E-state index in [2.05, 4.69) is 20.6 Å². The van der Waals surface area contributed by atoms with Gasteiger partial charge in [-0.3, -0.25) is 0 Å². The average molecular weight is 345 g/mol. The highest BCUT2D eigenvalue weighted by atomic mass is 35.5. The molecule has 0 aliphatic carbocycles. The van der Waals surface area contributed by atoms with Crippen LogP contribution in [0.1, 0.15) is 5.56 Å². The SMILES string of the molecule is Fc1cccc(Cl)c1CCNC(=S)Nc1nccnc1Cl. The summed E-state index contributed by atoms with van der Waals surface area (Å²) in [7, 11) is 0. The number of anilines is 1. The summed E-state index contributed by atoms with van der Waals surface area (Å²) < 4.78 is 13.6. The first-order valence-corrected chi connectivity index (χ1v) is 7.18. The second-order valence-electron chi connectivity index (χ2n) is 4.03. The number of benzene rings is 1. The number of hydrogen-bond donors (Lipinski definition) is 2. The predicted molar refractivity (Wildman–Crippen MR) is 86.4 cm³/mol. The van der Waals surface area contributed by atoms with Gasteiger partial charge in [0.15, 0.2) is 16.1 Å². The van der Waals surface area contributed by atoms with Crippen molar-refractivity contribution in [1.29, 1.82) is 0 Å². The third-order valence-corrected chi connectivity index (χ3v) is 3.48. The lowest BCUT2D eigenvalue weighted by Gasteiger charge is -2.11. The lowest BCUT2D eigenvalue weighted by atomic mass is 10.1.